The fourth-order valence-corrected chi connectivity index (χ4v) is 3.75. The van der Waals surface area contributed by atoms with Crippen molar-refractivity contribution in [2.75, 3.05) is 32.1 Å². The van der Waals surface area contributed by atoms with Gasteiger partial charge in [-0.25, -0.2) is 4.68 Å². The fourth-order valence-electron chi connectivity index (χ4n) is 3.75. The molecule has 1 aliphatic rings. The van der Waals surface area contributed by atoms with Crippen molar-refractivity contribution in [2.45, 2.75) is 25.8 Å². The predicted molar refractivity (Wildman–Crippen MR) is 109 cm³/mol. The molecule has 3 aromatic rings. The first kappa shape index (κ1) is 18.4. The third kappa shape index (κ3) is 3.99. The number of likely N-dealkylation sites (tertiary alicyclic amines) is 1. The Labute approximate surface area is 164 Å². The molecule has 146 valence electrons. The molecule has 2 heterocycles. The molecule has 0 unspecified atom stereocenters. The van der Waals surface area contributed by atoms with Crippen molar-refractivity contribution < 1.29 is 9.53 Å². The Bertz CT molecular complexity index is 976. The summed E-state index contributed by atoms with van der Waals surface area (Å²) in [6, 6.07) is 14.0. The zero-order valence-corrected chi connectivity index (χ0v) is 16.3. The molecule has 0 saturated carbocycles. The molecule has 28 heavy (non-hydrogen) atoms. The van der Waals surface area contributed by atoms with Gasteiger partial charge in [-0.15, -0.1) is 5.10 Å². The second-order valence-electron chi connectivity index (χ2n) is 7.31. The van der Waals surface area contributed by atoms with Crippen molar-refractivity contribution in [2.24, 2.45) is 0 Å². The van der Waals surface area contributed by atoms with Crippen LogP contribution in [0.5, 0.6) is 5.75 Å². The SMILES string of the molecule is COc1cccc(NC(=O)CN2CCC(n3nnc4cc(C)ccc43)CC2)c1. The summed E-state index contributed by atoms with van der Waals surface area (Å²) in [4.78, 5) is 14.6. The molecule has 0 spiro atoms. The summed E-state index contributed by atoms with van der Waals surface area (Å²) in [7, 11) is 1.62. The van der Waals surface area contributed by atoms with Crippen molar-refractivity contribution in [1.82, 2.24) is 19.9 Å². The van der Waals surface area contributed by atoms with Crippen LogP contribution in [0.1, 0.15) is 24.4 Å². The maximum absolute atomic E-state index is 12.4. The van der Waals surface area contributed by atoms with Crippen molar-refractivity contribution in [3.05, 3.63) is 48.0 Å². The van der Waals surface area contributed by atoms with Crippen LogP contribution in [0.25, 0.3) is 11.0 Å². The number of anilines is 1. The number of nitrogens with zero attached hydrogens (tertiary/aromatic N) is 4. The van der Waals surface area contributed by atoms with Crippen LogP contribution in [-0.2, 0) is 4.79 Å². The summed E-state index contributed by atoms with van der Waals surface area (Å²) >= 11 is 0. The van der Waals surface area contributed by atoms with Gasteiger partial charge in [-0.1, -0.05) is 17.3 Å². The molecule has 0 atom stereocenters. The lowest BCUT2D eigenvalue weighted by atomic mass is 10.0. The van der Waals surface area contributed by atoms with Gasteiger partial charge in [-0.3, -0.25) is 9.69 Å². The number of hydrogen-bond donors (Lipinski definition) is 1. The van der Waals surface area contributed by atoms with E-state index in [4.69, 9.17) is 4.74 Å². The molecular formula is C21H25N5O2. The fraction of sp³-hybridized carbons (Fsp3) is 0.381. The number of ether oxygens (including phenoxy) is 1. The highest BCUT2D eigenvalue weighted by atomic mass is 16.5. The van der Waals surface area contributed by atoms with Crippen molar-refractivity contribution in [1.29, 1.82) is 0 Å². The van der Waals surface area contributed by atoms with Crippen LogP contribution in [0, 0.1) is 6.92 Å². The molecule has 7 nitrogen and oxygen atoms in total. The van der Waals surface area contributed by atoms with Gasteiger partial charge in [0.15, 0.2) is 0 Å². The minimum Gasteiger partial charge on any atom is -0.497 e. The van der Waals surface area contributed by atoms with E-state index in [1.54, 1.807) is 7.11 Å². The van der Waals surface area contributed by atoms with Crippen LogP contribution in [0.3, 0.4) is 0 Å². The molecular weight excluding hydrogens is 354 g/mol. The summed E-state index contributed by atoms with van der Waals surface area (Å²) in [5.41, 5.74) is 3.97. The summed E-state index contributed by atoms with van der Waals surface area (Å²) in [6.45, 7) is 4.18. The molecule has 0 bridgehead atoms. The molecule has 1 saturated heterocycles. The Morgan fingerprint density at radius 1 is 1.21 bits per heavy atom. The largest absolute Gasteiger partial charge is 0.497 e. The van der Waals surface area contributed by atoms with Crippen LogP contribution in [0.4, 0.5) is 5.69 Å². The first-order valence-corrected chi connectivity index (χ1v) is 9.60. The van der Waals surface area contributed by atoms with E-state index in [0.717, 1.165) is 48.4 Å². The molecule has 0 radical (unpaired) electrons. The number of fused-ring (bicyclic) bond motifs is 1. The van der Waals surface area contributed by atoms with Crippen LogP contribution in [0.2, 0.25) is 0 Å². The Morgan fingerprint density at radius 2 is 2.04 bits per heavy atom. The van der Waals surface area contributed by atoms with E-state index < -0.39 is 0 Å². The molecule has 0 aliphatic carbocycles. The zero-order valence-electron chi connectivity index (χ0n) is 16.3. The predicted octanol–water partition coefficient (Wildman–Crippen LogP) is 3.02. The third-order valence-electron chi connectivity index (χ3n) is 5.25. The van der Waals surface area contributed by atoms with E-state index in [2.05, 4.69) is 45.7 Å². The number of aryl methyl sites for hydroxylation is 1. The molecule has 2 aromatic carbocycles. The van der Waals surface area contributed by atoms with Gasteiger partial charge in [-0.2, -0.15) is 0 Å². The highest BCUT2D eigenvalue weighted by molar-refractivity contribution is 5.92. The maximum atomic E-state index is 12.4. The number of nitrogens with one attached hydrogen (secondary N) is 1. The second-order valence-corrected chi connectivity index (χ2v) is 7.31. The average molecular weight is 379 g/mol. The van der Waals surface area contributed by atoms with Gasteiger partial charge in [0.25, 0.3) is 0 Å². The van der Waals surface area contributed by atoms with Gasteiger partial charge in [0.1, 0.15) is 11.3 Å². The van der Waals surface area contributed by atoms with E-state index in [1.165, 1.54) is 5.56 Å². The summed E-state index contributed by atoms with van der Waals surface area (Å²) in [5.74, 6) is 0.724. The molecule has 1 aliphatic heterocycles. The number of carbonyl (C=O) groups is 1. The molecule has 1 aromatic heterocycles. The van der Waals surface area contributed by atoms with Gasteiger partial charge in [0, 0.05) is 24.8 Å². The smallest absolute Gasteiger partial charge is 0.238 e. The molecule has 1 fully saturated rings. The van der Waals surface area contributed by atoms with Gasteiger partial charge in [0.2, 0.25) is 5.91 Å². The van der Waals surface area contributed by atoms with Gasteiger partial charge in [-0.05, 0) is 49.6 Å². The molecule has 7 heteroatoms. The van der Waals surface area contributed by atoms with Crippen LogP contribution in [-0.4, -0.2) is 52.5 Å². The summed E-state index contributed by atoms with van der Waals surface area (Å²) < 4.78 is 7.24. The minimum atomic E-state index is -0.00613. The Morgan fingerprint density at radius 3 is 2.82 bits per heavy atom. The minimum absolute atomic E-state index is 0.00613. The molecule has 1 N–H and O–H groups in total. The first-order valence-electron chi connectivity index (χ1n) is 9.60. The first-order chi connectivity index (χ1) is 13.6. The van der Waals surface area contributed by atoms with Gasteiger partial charge >= 0.3 is 0 Å². The van der Waals surface area contributed by atoms with Crippen LogP contribution < -0.4 is 10.1 Å². The lowest BCUT2D eigenvalue weighted by Gasteiger charge is -2.31. The van der Waals surface area contributed by atoms with E-state index >= 15 is 0 Å². The molecule has 1 amide bonds. The highest BCUT2D eigenvalue weighted by Gasteiger charge is 2.24. The number of carbonyl (C=O) groups excluding carboxylic acids is 1. The number of piperidine rings is 1. The monoisotopic (exact) mass is 379 g/mol. The topological polar surface area (TPSA) is 72.3 Å². The van der Waals surface area contributed by atoms with Crippen molar-refractivity contribution in [3.8, 4) is 5.75 Å². The number of hydrogen-bond acceptors (Lipinski definition) is 5. The van der Waals surface area contributed by atoms with E-state index in [0.29, 0.717) is 12.6 Å². The van der Waals surface area contributed by atoms with Crippen LogP contribution >= 0.6 is 0 Å². The zero-order chi connectivity index (χ0) is 19.5. The van der Waals surface area contributed by atoms with Gasteiger partial charge in [0.05, 0.1) is 25.2 Å². The standard InChI is InChI=1S/C21H25N5O2/c1-15-6-7-20-19(12-15)23-24-26(20)17-8-10-25(11-9-17)14-21(27)22-16-4-3-5-18(13-16)28-2/h3-7,12-13,17H,8-11,14H2,1-2H3,(H,22,27). The van der Waals surface area contributed by atoms with Crippen molar-refractivity contribution in [3.63, 3.8) is 0 Å². The third-order valence-corrected chi connectivity index (χ3v) is 5.25. The van der Waals surface area contributed by atoms with Crippen LogP contribution in [0.15, 0.2) is 42.5 Å². The lowest BCUT2D eigenvalue weighted by Crippen LogP contribution is -2.39. The second kappa shape index (κ2) is 7.98. The van der Waals surface area contributed by atoms with Gasteiger partial charge < -0.3 is 10.1 Å². The quantitative estimate of drug-likeness (QED) is 0.738. The number of aromatic nitrogens is 3. The molecule has 4 rings (SSSR count). The lowest BCUT2D eigenvalue weighted by molar-refractivity contribution is -0.117. The highest BCUT2D eigenvalue weighted by Crippen LogP contribution is 2.25. The van der Waals surface area contributed by atoms with E-state index in [-0.39, 0.29) is 5.91 Å². The Kier molecular flexibility index (Phi) is 5.25. The normalized spacial score (nSPS) is 15.6. The Balaban J connectivity index is 1.33. The Hall–Kier alpha value is -2.93. The maximum Gasteiger partial charge on any atom is 0.238 e. The number of benzene rings is 2. The van der Waals surface area contributed by atoms with Crippen molar-refractivity contribution >= 4 is 22.6 Å². The van der Waals surface area contributed by atoms with E-state index in [9.17, 15) is 4.79 Å². The average Bonchev–Trinajstić information content (AvgIpc) is 3.11. The summed E-state index contributed by atoms with van der Waals surface area (Å²) in [5, 5.41) is 11.6. The summed E-state index contributed by atoms with van der Waals surface area (Å²) in [6.07, 6.45) is 1.91. The number of amides is 1. The number of methoxy groups -OCH3 is 1. The number of rotatable bonds is 5. The van der Waals surface area contributed by atoms with E-state index in [1.807, 2.05) is 28.9 Å².